The first-order valence-corrected chi connectivity index (χ1v) is 8.97. The Balaban J connectivity index is 2.10. The zero-order valence-electron chi connectivity index (χ0n) is 14.9. The van der Waals surface area contributed by atoms with Crippen molar-refractivity contribution in [3.8, 4) is 0 Å². The Kier molecular flexibility index (Phi) is 7.08. The summed E-state index contributed by atoms with van der Waals surface area (Å²) in [6.45, 7) is 2.23. The lowest BCUT2D eigenvalue weighted by Gasteiger charge is -2.19. The fourth-order valence-electron chi connectivity index (χ4n) is 2.16. The third-order valence-corrected chi connectivity index (χ3v) is 4.54. The molecule has 0 bridgehead atoms. The molecule has 2 rings (SSSR count). The van der Waals surface area contributed by atoms with Crippen LogP contribution in [0.4, 0.5) is 8.78 Å². The van der Waals surface area contributed by atoms with E-state index in [1.165, 1.54) is 17.0 Å². The second-order valence-electron chi connectivity index (χ2n) is 5.92. The predicted molar refractivity (Wildman–Crippen MR) is 100 cm³/mol. The molecule has 0 aliphatic rings. The van der Waals surface area contributed by atoms with Crippen LogP contribution < -0.4 is 10.6 Å². The molecule has 0 spiro atoms. The van der Waals surface area contributed by atoms with Gasteiger partial charge in [0.2, 0.25) is 5.91 Å². The topological polar surface area (TPSA) is 56.7 Å². The van der Waals surface area contributed by atoms with Crippen LogP contribution in [0.1, 0.15) is 23.4 Å². The third-order valence-electron chi connectivity index (χ3n) is 3.66. The number of halogens is 2. The number of nitrogens with zero attached hydrogens (tertiary/aromatic N) is 2. The highest BCUT2D eigenvalue weighted by atomic mass is 32.1. The van der Waals surface area contributed by atoms with E-state index in [0.29, 0.717) is 18.1 Å². The van der Waals surface area contributed by atoms with Gasteiger partial charge >= 0.3 is 0 Å². The third kappa shape index (κ3) is 5.80. The van der Waals surface area contributed by atoms with Gasteiger partial charge in [0, 0.05) is 30.6 Å². The largest absolute Gasteiger partial charge is 0.351 e. The molecule has 140 valence electrons. The molecular formula is C18H22F2N4OS. The highest BCUT2D eigenvalue weighted by Gasteiger charge is 2.14. The van der Waals surface area contributed by atoms with Gasteiger partial charge in [0.05, 0.1) is 12.6 Å². The lowest BCUT2D eigenvalue weighted by atomic mass is 10.1. The second-order valence-corrected chi connectivity index (χ2v) is 6.95. The molecular weight excluding hydrogens is 358 g/mol. The maximum absolute atomic E-state index is 14.0. The molecule has 5 nitrogen and oxygen atoms in total. The number of rotatable bonds is 6. The van der Waals surface area contributed by atoms with Crippen molar-refractivity contribution in [1.82, 2.24) is 15.5 Å². The number of benzene rings is 1. The maximum Gasteiger partial charge on any atom is 0.243 e. The Bertz CT molecular complexity index is 763. The molecule has 0 aliphatic carbocycles. The molecule has 1 amide bonds. The van der Waals surface area contributed by atoms with E-state index in [2.05, 4.69) is 15.6 Å². The average Bonchev–Trinajstić information content (AvgIpc) is 3.10. The molecule has 2 N–H and O–H groups in total. The van der Waals surface area contributed by atoms with Gasteiger partial charge in [0.25, 0.3) is 0 Å². The standard InChI is InChI=1S/C18H22F2N4OS/c1-12(15-7-6-13(19)9-16(15)20)23-18(22-11-17(25)24(2)3)21-10-14-5-4-8-26-14/h4-9,12H,10-11H2,1-3H3,(H2,21,22,23). The molecule has 26 heavy (non-hydrogen) atoms. The van der Waals surface area contributed by atoms with Gasteiger partial charge in [-0.3, -0.25) is 4.79 Å². The van der Waals surface area contributed by atoms with Crippen molar-refractivity contribution in [2.24, 2.45) is 4.99 Å². The number of hydrogen-bond acceptors (Lipinski definition) is 3. The zero-order valence-corrected chi connectivity index (χ0v) is 15.7. The van der Waals surface area contributed by atoms with Gasteiger partial charge in [0.15, 0.2) is 5.96 Å². The van der Waals surface area contributed by atoms with Crippen molar-refractivity contribution in [3.05, 3.63) is 57.8 Å². The Hall–Kier alpha value is -2.48. The summed E-state index contributed by atoms with van der Waals surface area (Å²) >= 11 is 1.59. The van der Waals surface area contributed by atoms with Crippen molar-refractivity contribution in [1.29, 1.82) is 0 Å². The first-order valence-electron chi connectivity index (χ1n) is 8.09. The predicted octanol–water partition coefficient (Wildman–Crippen LogP) is 2.91. The minimum absolute atomic E-state index is 0.0363. The highest BCUT2D eigenvalue weighted by molar-refractivity contribution is 7.09. The van der Waals surface area contributed by atoms with Crippen LogP contribution in [-0.2, 0) is 11.3 Å². The quantitative estimate of drug-likeness (QED) is 0.599. The SMILES string of the molecule is CC(NC(=NCC(=O)N(C)C)NCc1cccs1)c1ccc(F)cc1F. The number of amides is 1. The van der Waals surface area contributed by atoms with Crippen LogP contribution in [-0.4, -0.2) is 37.4 Å². The van der Waals surface area contributed by atoms with E-state index in [1.807, 2.05) is 17.5 Å². The van der Waals surface area contributed by atoms with E-state index in [1.54, 1.807) is 32.4 Å². The summed E-state index contributed by atoms with van der Waals surface area (Å²) in [5, 5.41) is 8.16. The van der Waals surface area contributed by atoms with E-state index in [-0.39, 0.29) is 12.5 Å². The molecule has 2 aromatic rings. The Morgan fingerprint density at radius 3 is 2.69 bits per heavy atom. The van der Waals surface area contributed by atoms with Gasteiger partial charge in [-0.25, -0.2) is 13.8 Å². The van der Waals surface area contributed by atoms with Crippen molar-refractivity contribution >= 4 is 23.2 Å². The molecule has 0 fully saturated rings. The van der Waals surface area contributed by atoms with Crippen LogP contribution in [0.3, 0.4) is 0 Å². The summed E-state index contributed by atoms with van der Waals surface area (Å²) in [5.41, 5.74) is 0.316. The summed E-state index contributed by atoms with van der Waals surface area (Å²) in [7, 11) is 3.31. The Morgan fingerprint density at radius 2 is 2.08 bits per heavy atom. The van der Waals surface area contributed by atoms with Crippen molar-refractivity contribution < 1.29 is 13.6 Å². The van der Waals surface area contributed by atoms with Gasteiger partial charge in [-0.1, -0.05) is 12.1 Å². The summed E-state index contributed by atoms with van der Waals surface area (Å²) in [4.78, 5) is 18.6. The first-order chi connectivity index (χ1) is 12.4. The Morgan fingerprint density at radius 1 is 1.31 bits per heavy atom. The molecule has 0 aliphatic heterocycles. The monoisotopic (exact) mass is 380 g/mol. The summed E-state index contributed by atoms with van der Waals surface area (Å²) in [5.74, 6) is -1.03. The average molecular weight is 380 g/mol. The molecule has 0 saturated carbocycles. The van der Waals surface area contributed by atoms with Gasteiger partial charge in [-0.15, -0.1) is 11.3 Å². The Labute approximate surface area is 155 Å². The van der Waals surface area contributed by atoms with Crippen LogP contribution in [0, 0.1) is 11.6 Å². The minimum Gasteiger partial charge on any atom is -0.351 e. The molecule has 0 radical (unpaired) electrons. The molecule has 8 heteroatoms. The van der Waals surface area contributed by atoms with E-state index in [4.69, 9.17) is 0 Å². The van der Waals surface area contributed by atoms with E-state index in [9.17, 15) is 13.6 Å². The number of guanidine groups is 1. The van der Waals surface area contributed by atoms with Crippen LogP contribution in [0.15, 0.2) is 40.7 Å². The van der Waals surface area contributed by atoms with Crippen molar-refractivity contribution in [2.45, 2.75) is 19.5 Å². The van der Waals surface area contributed by atoms with Gasteiger partial charge in [-0.05, 0) is 24.4 Å². The first kappa shape index (κ1) is 19.8. The van der Waals surface area contributed by atoms with Crippen LogP contribution in [0.2, 0.25) is 0 Å². The smallest absolute Gasteiger partial charge is 0.243 e. The highest BCUT2D eigenvalue weighted by Crippen LogP contribution is 2.17. The molecule has 1 aromatic heterocycles. The maximum atomic E-state index is 14.0. The molecule has 1 unspecified atom stereocenters. The number of carbonyl (C=O) groups excluding carboxylic acids is 1. The van der Waals surface area contributed by atoms with Gasteiger partial charge in [-0.2, -0.15) is 0 Å². The summed E-state index contributed by atoms with van der Waals surface area (Å²) in [6, 6.07) is 6.91. The van der Waals surface area contributed by atoms with Gasteiger partial charge < -0.3 is 15.5 Å². The molecule has 1 heterocycles. The number of thiophene rings is 1. The molecule has 1 aromatic carbocycles. The number of likely N-dealkylation sites (N-methyl/N-ethyl adjacent to an activating group) is 1. The number of hydrogen-bond donors (Lipinski definition) is 2. The van der Waals surface area contributed by atoms with Crippen LogP contribution in [0.5, 0.6) is 0 Å². The number of nitrogens with one attached hydrogen (secondary N) is 2. The molecule has 0 saturated heterocycles. The number of aliphatic imine (C=N–C) groups is 1. The second kappa shape index (κ2) is 9.28. The van der Waals surface area contributed by atoms with E-state index < -0.39 is 17.7 Å². The van der Waals surface area contributed by atoms with E-state index >= 15 is 0 Å². The molecule has 1 atom stereocenters. The van der Waals surface area contributed by atoms with Gasteiger partial charge in [0.1, 0.15) is 18.2 Å². The lowest BCUT2D eigenvalue weighted by molar-refractivity contribution is -0.127. The number of carbonyl (C=O) groups is 1. The van der Waals surface area contributed by atoms with Crippen LogP contribution in [0.25, 0.3) is 0 Å². The zero-order chi connectivity index (χ0) is 19.1. The van der Waals surface area contributed by atoms with Crippen LogP contribution >= 0.6 is 11.3 Å². The van der Waals surface area contributed by atoms with Crippen molar-refractivity contribution in [2.75, 3.05) is 20.6 Å². The van der Waals surface area contributed by atoms with E-state index in [0.717, 1.165) is 10.9 Å². The fraction of sp³-hybridized carbons (Fsp3) is 0.333. The minimum atomic E-state index is -0.632. The lowest BCUT2D eigenvalue weighted by Crippen LogP contribution is -2.39. The normalized spacial score (nSPS) is 12.6. The summed E-state index contributed by atoms with van der Waals surface area (Å²) < 4.78 is 27.1. The van der Waals surface area contributed by atoms with Crippen molar-refractivity contribution in [3.63, 3.8) is 0 Å². The summed E-state index contributed by atoms with van der Waals surface area (Å²) in [6.07, 6.45) is 0. The fourth-order valence-corrected chi connectivity index (χ4v) is 2.80.